The van der Waals surface area contributed by atoms with Gasteiger partial charge >= 0.3 is 6.03 Å². The summed E-state index contributed by atoms with van der Waals surface area (Å²) in [6.45, 7) is 3.39. The molecule has 100 valence electrons. The van der Waals surface area contributed by atoms with Crippen LogP contribution in [0.5, 0.6) is 0 Å². The predicted octanol–water partition coefficient (Wildman–Crippen LogP) is 1.44. The molecule has 1 aromatic heterocycles. The maximum absolute atomic E-state index is 12.2. The number of amides is 2. The highest BCUT2D eigenvalue weighted by Gasteiger charge is 2.20. The van der Waals surface area contributed by atoms with Gasteiger partial charge in [-0.05, 0) is 32.6 Å². The van der Waals surface area contributed by atoms with Crippen molar-refractivity contribution in [3.05, 3.63) is 23.9 Å². The molecule has 0 aliphatic rings. The summed E-state index contributed by atoms with van der Waals surface area (Å²) in [7, 11) is 7.49. The fraction of sp³-hybridized carbons (Fsp3) is 0.538. The zero-order chi connectivity index (χ0) is 13.7. The van der Waals surface area contributed by atoms with E-state index in [0.717, 1.165) is 17.9 Å². The molecule has 0 fully saturated rings. The number of carbonyl (C=O) groups excluding carboxylic acids is 1. The van der Waals surface area contributed by atoms with E-state index in [9.17, 15) is 4.79 Å². The molecule has 0 N–H and O–H groups in total. The lowest BCUT2D eigenvalue weighted by atomic mass is 10.2. The van der Waals surface area contributed by atoms with E-state index in [-0.39, 0.29) is 6.03 Å². The molecule has 0 aliphatic carbocycles. The van der Waals surface area contributed by atoms with Crippen LogP contribution in [0.15, 0.2) is 18.3 Å². The van der Waals surface area contributed by atoms with Gasteiger partial charge in [0, 0.05) is 33.4 Å². The Morgan fingerprint density at radius 3 is 2.39 bits per heavy atom. The lowest BCUT2D eigenvalue weighted by molar-refractivity contribution is 0.222. The van der Waals surface area contributed by atoms with Crippen molar-refractivity contribution in [2.24, 2.45) is 0 Å². The molecule has 1 heterocycles. The second-order valence-electron chi connectivity index (χ2n) is 4.78. The summed E-state index contributed by atoms with van der Waals surface area (Å²) in [6, 6.07) is 3.80. The first-order valence-corrected chi connectivity index (χ1v) is 5.98. The Morgan fingerprint density at radius 2 is 1.89 bits per heavy atom. The number of rotatable bonds is 4. The number of hydrogen-bond donors (Lipinski definition) is 0. The van der Waals surface area contributed by atoms with Gasteiger partial charge in [-0.25, -0.2) is 9.78 Å². The van der Waals surface area contributed by atoms with Crippen LogP contribution in [-0.4, -0.2) is 62.1 Å². The van der Waals surface area contributed by atoms with Crippen LogP contribution in [0.25, 0.3) is 0 Å². The molecule has 0 radical (unpaired) electrons. The summed E-state index contributed by atoms with van der Waals surface area (Å²) < 4.78 is 0. The highest BCUT2D eigenvalue weighted by Crippen LogP contribution is 2.16. The van der Waals surface area contributed by atoms with E-state index in [1.807, 2.05) is 38.1 Å². The molecule has 0 atom stereocenters. The maximum atomic E-state index is 12.2. The third kappa shape index (κ3) is 3.70. The lowest BCUT2D eigenvalue weighted by Gasteiger charge is -2.27. The second kappa shape index (κ2) is 6.35. The van der Waals surface area contributed by atoms with Gasteiger partial charge in [0.2, 0.25) is 0 Å². The summed E-state index contributed by atoms with van der Waals surface area (Å²) in [5.74, 6) is 0.734. The van der Waals surface area contributed by atoms with Gasteiger partial charge in [0.15, 0.2) is 0 Å². The smallest absolute Gasteiger partial charge is 0.325 e. The van der Waals surface area contributed by atoms with Crippen LogP contribution in [0.2, 0.25) is 0 Å². The van der Waals surface area contributed by atoms with Crippen molar-refractivity contribution in [1.82, 2.24) is 14.8 Å². The van der Waals surface area contributed by atoms with Crippen LogP contribution in [0.1, 0.15) is 5.56 Å². The summed E-state index contributed by atoms with van der Waals surface area (Å²) in [6.07, 6.45) is 1.72. The molecule has 0 bridgehead atoms. The van der Waals surface area contributed by atoms with Crippen molar-refractivity contribution in [3.63, 3.8) is 0 Å². The largest absolute Gasteiger partial charge is 0.330 e. The number of urea groups is 1. The quantitative estimate of drug-likeness (QED) is 0.812. The van der Waals surface area contributed by atoms with Crippen LogP contribution in [0, 0.1) is 6.92 Å². The fourth-order valence-corrected chi connectivity index (χ4v) is 1.59. The van der Waals surface area contributed by atoms with E-state index < -0.39 is 0 Å². The van der Waals surface area contributed by atoms with E-state index >= 15 is 0 Å². The van der Waals surface area contributed by atoms with Gasteiger partial charge in [-0.3, -0.25) is 4.90 Å². The van der Waals surface area contributed by atoms with E-state index in [1.165, 1.54) is 0 Å². The molecule has 0 aromatic carbocycles. The minimum atomic E-state index is -0.0429. The van der Waals surface area contributed by atoms with E-state index in [4.69, 9.17) is 0 Å². The molecule has 0 saturated carbocycles. The SMILES string of the molecule is Cc1cccnc1N(CCN(C)C)C(=O)N(C)C. The van der Waals surface area contributed by atoms with Crippen molar-refractivity contribution < 1.29 is 4.79 Å². The van der Waals surface area contributed by atoms with Crippen molar-refractivity contribution in [3.8, 4) is 0 Å². The number of likely N-dealkylation sites (N-methyl/N-ethyl adjacent to an activating group) is 1. The molecular formula is C13H22N4O. The van der Waals surface area contributed by atoms with Gasteiger partial charge in [-0.2, -0.15) is 0 Å². The number of pyridine rings is 1. The Kier molecular flexibility index (Phi) is 5.09. The Bertz CT molecular complexity index is 404. The number of aromatic nitrogens is 1. The highest BCUT2D eigenvalue weighted by atomic mass is 16.2. The average Bonchev–Trinajstić information content (AvgIpc) is 2.30. The zero-order valence-electron chi connectivity index (χ0n) is 11.8. The van der Waals surface area contributed by atoms with Crippen molar-refractivity contribution in [1.29, 1.82) is 0 Å². The zero-order valence-corrected chi connectivity index (χ0v) is 11.8. The standard InChI is InChI=1S/C13H22N4O/c1-11-7-6-8-14-12(11)17(10-9-15(2)3)13(18)16(4)5/h6-8H,9-10H2,1-5H3. The molecular weight excluding hydrogens is 228 g/mol. The molecule has 5 nitrogen and oxygen atoms in total. The second-order valence-corrected chi connectivity index (χ2v) is 4.78. The number of aryl methyl sites for hydroxylation is 1. The van der Waals surface area contributed by atoms with Gasteiger partial charge in [-0.1, -0.05) is 6.07 Å². The number of nitrogens with zero attached hydrogens (tertiary/aromatic N) is 4. The van der Waals surface area contributed by atoms with Gasteiger partial charge in [0.05, 0.1) is 0 Å². The van der Waals surface area contributed by atoms with Crippen LogP contribution >= 0.6 is 0 Å². The van der Waals surface area contributed by atoms with Crippen LogP contribution in [0.3, 0.4) is 0 Å². The Morgan fingerprint density at radius 1 is 1.22 bits per heavy atom. The molecule has 0 aliphatic heterocycles. The van der Waals surface area contributed by atoms with E-state index in [0.29, 0.717) is 6.54 Å². The Hall–Kier alpha value is -1.62. The molecule has 0 unspecified atom stereocenters. The Balaban J connectivity index is 2.97. The normalized spacial score (nSPS) is 10.6. The Labute approximate surface area is 109 Å². The first-order valence-electron chi connectivity index (χ1n) is 5.98. The summed E-state index contributed by atoms with van der Waals surface area (Å²) >= 11 is 0. The average molecular weight is 250 g/mol. The summed E-state index contributed by atoms with van der Waals surface area (Å²) in [4.78, 5) is 21.9. The van der Waals surface area contributed by atoms with Gasteiger partial charge in [0.25, 0.3) is 0 Å². The first-order chi connectivity index (χ1) is 8.43. The molecule has 1 rings (SSSR count). The topological polar surface area (TPSA) is 39.7 Å². The molecule has 0 spiro atoms. The van der Waals surface area contributed by atoms with E-state index in [2.05, 4.69) is 4.98 Å². The monoisotopic (exact) mass is 250 g/mol. The van der Waals surface area contributed by atoms with Crippen LogP contribution in [-0.2, 0) is 0 Å². The number of carbonyl (C=O) groups is 1. The summed E-state index contributed by atoms with van der Waals surface area (Å²) in [5, 5.41) is 0. The van der Waals surface area contributed by atoms with Gasteiger partial charge in [0.1, 0.15) is 5.82 Å². The predicted molar refractivity (Wildman–Crippen MR) is 74.0 cm³/mol. The molecule has 0 saturated heterocycles. The van der Waals surface area contributed by atoms with Crippen molar-refractivity contribution in [2.45, 2.75) is 6.92 Å². The number of anilines is 1. The number of hydrogen-bond acceptors (Lipinski definition) is 3. The fourth-order valence-electron chi connectivity index (χ4n) is 1.59. The molecule has 1 aromatic rings. The molecule has 18 heavy (non-hydrogen) atoms. The van der Waals surface area contributed by atoms with Crippen molar-refractivity contribution >= 4 is 11.8 Å². The molecule has 2 amide bonds. The minimum Gasteiger partial charge on any atom is -0.330 e. The third-order valence-corrected chi connectivity index (χ3v) is 2.62. The summed E-state index contributed by atoms with van der Waals surface area (Å²) in [5.41, 5.74) is 1.01. The van der Waals surface area contributed by atoms with Gasteiger partial charge < -0.3 is 9.80 Å². The third-order valence-electron chi connectivity index (χ3n) is 2.62. The lowest BCUT2D eigenvalue weighted by Crippen LogP contribution is -2.43. The van der Waals surface area contributed by atoms with Gasteiger partial charge in [-0.15, -0.1) is 0 Å². The van der Waals surface area contributed by atoms with Crippen molar-refractivity contribution in [2.75, 3.05) is 46.2 Å². The maximum Gasteiger partial charge on any atom is 0.325 e. The minimum absolute atomic E-state index is 0.0429. The van der Waals surface area contributed by atoms with Crippen LogP contribution < -0.4 is 4.90 Å². The first kappa shape index (κ1) is 14.4. The highest BCUT2D eigenvalue weighted by molar-refractivity contribution is 5.91. The molecule has 5 heteroatoms. The van der Waals surface area contributed by atoms with Crippen LogP contribution in [0.4, 0.5) is 10.6 Å². The van der Waals surface area contributed by atoms with E-state index in [1.54, 1.807) is 30.1 Å².